The molecular formula is C18H24N3O7+. The first-order valence-electron chi connectivity index (χ1n) is 9.20. The highest BCUT2D eigenvalue weighted by atomic mass is 16.7. The predicted octanol–water partition coefficient (Wildman–Crippen LogP) is -0.270. The maximum Gasteiger partial charge on any atom is 0.346 e. The Bertz CT molecular complexity index is 695. The highest BCUT2D eigenvalue weighted by Gasteiger charge is 2.41. The average molecular weight is 394 g/mol. The summed E-state index contributed by atoms with van der Waals surface area (Å²) in [5.41, 5.74) is 0. The van der Waals surface area contributed by atoms with E-state index in [1.54, 1.807) is 0 Å². The van der Waals surface area contributed by atoms with Crippen molar-refractivity contribution in [1.82, 2.24) is 10.4 Å². The molecule has 0 radical (unpaired) electrons. The Morgan fingerprint density at radius 2 is 1.61 bits per heavy atom. The summed E-state index contributed by atoms with van der Waals surface area (Å²) in [6, 6.07) is 0. The lowest BCUT2D eigenvalue weighted by atomic mass is 10.2. The number of rotatable bonds is 10. The third-order valence-corrected chi connectivity index (χ3v) is 4.71. The van der Waals surface area contributed by atoms with E-state index in [1.807, 2.05) is 0 Å². The molecule has 0 bridgehead atoms. The third-order valence-electron chi connectivity index (χ3n) is 4.71. The molecule has 0 unspecified atom stereocenters. The lowest BCUT2D eigenvalue weighted by molar-refractivity contribution is -0.748. The largest absolute Gasteiger partial charge is 0.356 e. The Kier molecular flexibility index (Phi) is 7.16. The summed E-state index contributed by atoms with van der Waals surface area (Å²) in [7, 11) is 1.49. The number of unbranched alkanes of at least 4 members (excludes halogenated alkanes) is 2. The van der Waals surface area contributed by atoms with Gasteiger partial charge in [-0.2, -0.15) is 4.48 Å². The summed E-state index contributed by atoms with van der Waals surface area (Å²) < 4.78 is -0.419. The first-order chi connectivity index (χ1) is 13.2. The van der Waals surface area contributed by atoms with E-state index in [1.165, 1.54) is 19.2 Å². The molecule has 0 aromatic carbocycles. The Balaban J connectivity index is 1.53. The zero-order valence-corrected chi connectivity index (χ0v) is 15.8. The summed E-state index contributed by atoms with van der Waals surface area (Å²) in [4.78, 5) is 74.3. The number of likely N-dealkylation sites (N-methyl/N-ethyl adjacent to an activating group) is 1. The summed E-state index contributed by atoms with van der Waals surface area (Å²) in [6.07, 6.45) is 4.46. The molecule has 1 saturated heterocycles. The van der Waals surface area contributed by atoms with E-state index in [0.717, 1.165) is 0 Å². The number of amides is 5. The molecule has 0 aliphatic carbocycles. The van der Waals surface area contributed by atoms with Crippen molar-refractivity contribution in [3.05, 3.63) is 12.2 Å². The molecular weight excluding hydrogens is 370 g/mol. The number of hydroxylamine groups is 2. The van der Waals surface area contributed by atoms with Gasteiger partial charge in [0.25, 0.3) is 11.8 Å². The van der Waals surface area contributed by atoms with Gasteiger partial charge in [0.2, 0.25) is 5.91 Å². The summed E-state index contributed by atoms with van der Waals surface area (Å²) in [6.45, 7) is 0.511. The molecule has 2 aliphatic rings. The number of quaternary nitrogens is 1. The van der Waals surface area contributed by atoms with Gasteiger partial charge in [0, 0.05) is 25.8 Å². The lowest BCUT2D eigenvalue weighted by Crippen LogP contribution is -2.51. The van der Waals surface area contributed by atoms with Crippen molar-refractivity contribution in [3.8, 4) is 0 Å². The highest BCUT2D eigenvalue weighted by Crippen LogP contribution is 2.15. The number of nitrogens with zero attached hydrogens (tertiary/aromatic N) is 2. The molecule has 0 aromatic rings. The number of hydrogen-bond acceptors (Lipinski definition) is 7. The van der Waals surface area contributed by atoms with Crippen molar-refractivity contribution in [1.29, 1.82) is 0 Å². The second-order valence-electron chi connectivity index (χ2n) is 6.88. The van der Waals surface area contributed by atoms with Gasteiger partial charge in [0.1, 0.15) is 6.54 Å². The normalized spacial score (nSPS) is 18.1. The summed E-state index contributed by atoms with van der Waals surface area (Å²) in [5, 5.41) is 3.23. The van der Waals surface area contributed by atoms with Crippen LogP contribution in [0.15, 0.2) is 12.2 Å². The lowest BCUT2D eigenvalue weighted by Gasteiger charge is -2.22. The monoisotopic (exact) mass is 394 g/mol. The average Bonchev–Trinajstić information content (AvgIpc) is 3.10. The molecule has 0 saturated carbocycles. The van der Waals surface area contributed by atoms with Crippen LogP contribution in [0, 0.1) is 0 Å². The molecule has 0 spiro atoms. The van der Waals surface area contributed by atoms with Crippen LogP contribution >= 0.6 is 0 Å². The molecule has 152 valence electrons. The molecule has 0 aromatic heterocycles. The quantitative estimate of drug-likeness (QED) is 0.307. The number of nitrogens with one attached hydrogen (secondary N) is 1. The van der Waals surface area contributed by atoms with Gasteiger partial charge in [0.15, 0.2) is 0 Å². The van der Waals surface area contributed by atoms with E-state index in [2.05, 4.69) is 5.32 Å². The maximum absolute atomic E-state index is 11.8. The van der Waals surface area contributed by atoms with Crippen LogP contribution in [-0.4, -0.2) is 65.2 Å². The topological polar surface area (TPSA) is 127 Å². The van der Waals surface area contributed by atoms with Crippen LogP contribution in [0.2, 0.25) is 0 Å². The molecule has 10 heteroatoms. The minimum absolute atomic E-state index is 0.0554. The molecule has 2 aliphatic heterocycles. The molecule has 10 nitrogen and oxygen atoms in total. The van der Waals surface area contributed by atoms with E-state index in [-0.39, 0.29) is 49.9 Å². The van der Waals surface area contributed by atoms with Gasteiger partial charge in [0.05, 0.1) is 25.6 Å². The zero-order valence-electron chi connectivity index (χ0n) is 15.8. The second kappa shape index (κ2) is 9.36. The van der Waals surface area contributed by atoms with E-state index in [9.17, 15) is 28.8 Å². The number of carbonyl (C=O) groups is 6. The number of hydrogen-bond donors (Lipinski definition) is 1. The van der Waals surface area contributed by atoms with E-state index in [0.29, 0.717) is 30.9 Å². The number of imide groups is 2. The van der Waals surface area contributed by atoms with Gasteiger partial charge in [-0.25, -0.2) is 14.4 Å². The second-order valence-corrected chi connectivity index (χ2v) is 6.88. The van der Waals surface area contributed by atoms with Gasteiger partial charge in [-0.05, 0) is 12.8 Å². The minimum Gasteiger partial charge on any atom is -0.356 e. The van der Waals surface area contributed by atoms with Crippen LogP contribution < -0.4 is 5.32 Å². The molecule has 28 heavy (non-hydrogen) atoms. The van der Waals surface area contributed by atoms with Crippen LogP contribution in [0.5, 0.6) is 0 Å². The first kappa shape index (κ1) is 21.4. The Morgan fingerprint density at radius 3 is 2.21 bits per heavy atom. The van der Waals surface area contributed by atoms with Crippen molar-refractivity contribution in [3.63, 3.8) is 0 Å². The fraction of sp³-hybridized carbons (Fsp3) is 0.556. The van der Waals surface area contributed by atoms with Crippen LogP contribution in [0.1, 0.15) is 44.9 Å². The van der Waals surface area contributed by atoms with Crippen LogP contribution in [0.25, 0.3) is 0 Å². The standard InChI is InChI=1S/C18H23N3O7/c1-21(16(25)8-9-17(21)26)12-10-13(22)19-11-4-2-3-5-18(27)28-20-14(23)6-7-15(20)24/h8-9H,2-7,10-12H2,1H3/p+1. The molecule has 2 heterocycles. The van der Waals surface area contributed by atoms with E-state index in [4.69, 9.17) is 4.84 Å². The SMILES string of the molecule is C[N+]1(CCC(=O)NCCCCCC(=O)ON2C(=O)CCC2=O)C(=O)C=CC1=O. The van der Waals surface area contributed by atoms with Crippen molar-refractivity contribution in [2.45, 2.75) is 44.9 Å². The minimum atomic E-state index is -0.641. The highest BCUT2D eigenvalue weighted by molar-refractivity contribution is 6.04. The van der Waals surface area contributed by atoms with Gasteiger partial charge >= 0.3 is 17.8 Å². The zero-order chi connectivity index (χ0) is 20.7. The van der Waals surface area contributed by atoms with E-state index < -0.39 is 22.3 Å². The molecule has 2 rings (SSSR count). The molecule has 5 amide bonds. The predicted molar refractivity (Wildman–Crippen MR) is 93.5 cm³/mol. The molecule has 1 N–H and O–H groups in total. The third kappa shape index (κ3) is 5.32. The summed E-state index contributed by atoms with van der Waals surface area (Å²) in [5.74, 6) is -2.57. The smallest absolute Gasteiger partial charge is 0.346 e. The maximum atomic E-state index is 11.8. The van der Waals surface area contributed by atoms with Crippen LogP contribution in [0.4, 0.5) is 0 Å². The molecule has 0 atom stereocenters. The van der Waals surface area contributed by atoms with Gasteiger partial charge in [-0.3, -0.25) is 14.4 Å². The van der Waals surface area contributed by atoms with Crippen molar-refractivity contribution >= 4 is 35.5 Å². The van der Waals surface area contributed by atoms with Crippen molar-refractivity contribution in [2.24, 2.45) is 0 Å². The van der Waals surface area contributed by atoms with Gasteiger partial charge in [-0.1, -0.05) is 6.42 Å². The van der Waals surface area contributed by atoms with Crippen molar-refractivity contribution in [2.75, 3.05) is 20.1 Å². The van der Waals surface area contributed by atoms with Crippen LogP contribution in [0.3, 0.4) is 0 Å². The first-order valence-corrected chi connectivity index (χ1v) is 9.20. The Labute approximate surface area is 162 Å². The Morgan fingerprint density at radius 1 is 1.00 bits per heavy atom. The van der Waals surface area contributed by atoms with Gasteiger partial charge < -0.3 is 10.2 Å². The fourth-order valence-electron chi connectivity index (χ4n) is 2.82. The Hall–Kier alpha value is -2.88. The van der Waals surface area contributed by atoms with Crippen LogP contribution in [-0.2, 0) is 33.6 Å². The molecule has 1 fully saturated rings. The summed E-state index contributed by atoms with van der Waals surface area (Å²) >= 11 is 0. The van der Waals surface area contributed by atoms with Crippen molar-refractivity contribution < 1.29 is 38.1 Å². The van der Waals surface area contributed by atoms with E-state index >= 15 is 0 Å². The van der Waals surface area contributed by atoms with Gasteiger partial charge in [-0.15, -0.1) is 5.06 Å². The number of carbonyl (C=O) groups excluding carboxylic acids is 6. The fourth-order valence-corrected chi connectivity index (χ4v) is 2.82.